The zero-order chi connectivity index (χ0) is 19.1. The lowest BCUT2D eigenvalue weighted by molar-refractivity contribution is 0.0600. The highest BCUT2D eigenvalue weighted by Gasteiger charge is 2.39. The van der Waals surface area contributed by atoms with Gasteiger partial charge in [0, 0.05) is 30.9 Å². The van der Waals surface area contributed by atoms with Crippen LogP contribution in [0.4, 0.5) is 0 Å². The van der Waals surface area contributed by atoms with Gasteiger partial charge in [-0.3, -0.25) is 4.79 Å². The number of aryl methyl sites for hydroxylation is 1. The van der Waals surface area contributed by atoms with Crippen LogP contribution < -0.4 is 5.32 Å². The first kappa shape index (κ1) is 20.4. The van der Waals surface area contributed by atoms with Crippen molar-refractivity contribution >= 4 is 18.3 Å². The van der Waals surface area contributed by atoms with Crippen LogP contribution >= 0.6 is 12.4 Å². The first-order chi connectivity index (χ1) is 13.7. The molecule has 6 heteroatoms. The van der Waals surface area contributed by atoms with Crippen LogP contribution in [0.15, 0.2) is 24.3 Å². The molecule has 2 aliphatic heterocycles. The van der Waals surface area contributed by atoms with Crippen molar-refractivity contribution < 1.29 is 4.79 Å². The SMILES string of the molecule is Cc1ccc(-n2nc(C(=O)N3CCC4(CCNC4)CC3)c3c2CCCC3)cc1.Cl. The number of carbonyl (C=O) groups excluding carboxylic acids is 1. The Balaban J connectivity index is 0.00000205. The Morgan fingerprint density at radius 1 is 1.07 bits per heavy atom. The molecule has 1 amide bonds. The normalized spacial score (nSPS) is 20.4. The van der Waals surface area contributed by atoms with Gasteiger partial charge >= 0.3 is 0 Å². The smallest absolute Gasteiger partial charge is 0.274 e. The molecule has 0 bridgehead atoms. The number of nitrogens with one attached hydrogen (secondary N) is 1. The Hall–Kier alpha value is -1.85. The molecule has 3 aliphatic rings. The average Bonchev–Trinajstić information content (AvgIpc) is 3.34. The second-order valence-corrected chi connectivity index (χ2v) is 8.95. The molecule has 5 nitrogen and oxygen atoms in total. The van der Waals surface area contributed by atoms with E-state index < -0.39 is 0 Å². The number of nitrogens with zero attached hydrogens (tertiary/aromatic N) is 3. The Labute approximate surface area is 179 Å². The minimum atomic E-state index is 0. The predicted octanol–water partition coefficient (Wildman–Crippen LogP) is 3.70. The van der Waals surface area contributed by atoms with Crippen LogP contribution in [0.3, 0.4) is 0 Å². The number of halogens is 1. The zero-order valence-corrected chi connectivity index (χ0v) is 18.1. The molecule has 0 saturated carbocycles. The summed E-state index contributed by atoms with van der Waals surface area (Å²) < 4.78 is 2.04. The summed E-state index contributed by atoms with van der Waals surface area (Å²) in [5, 5.41) is 8.37. The lowest BCUT2D eigenvalue weighted by atomic mass is 9.78. The van der Waals surface area contributed by atoms with Gasteiger partial charge in [-0.05, 0) is 76.0 Å². The minimum Gasteiger partial charge on any atom is -0.337 e. The molecule has 1 aliphatic carbocycles. The van der Waals surface area contributed by atoms with E-state index in [-0.39, 0.29) is 18.3 Å². The molecule has 0 atom stereocenters. The van der Waals surface area contributed by atoms with E-state index in [1.807, 2.05) is 4.68 Å². The second-order valence-electron chi connectivity index (χ2n) is 8.95. The van der Waals surface area contributed by atoms with E-state index in [1.54, 1.807) is 0 Å². The van der Waals surface area contributed by atoms with Crippen molar-refractivity contribution in [2.45, 2.75) is 51.9 Å². The van der Waals surface area contributed by atoms with E-state index in [4.69, 9.17) is 5.10 Å². The maximum atomic E-state index is 13.4. The van der Waals surface area contributed by atoms with E-state index in [2.05, 4.69) is 41.4 Å². The van der Waals surface area contributed by atoms with Gasteiger partial charge in [-0.15, -0.1) is 12.4 Å². The van der Waals surface area contributed by atoms with Gasteiger partial charge < -0.3 is 10.2 Å². The highest BCUT2D eigenvalue weighted by atomic mass is 35.5. The second kappa shape index (κ2) is 8.11. The third-order valence-electron chi connectivity index (χ3n) is 7.10. The number of rotatable bonds is 2. The predicted molar refractivity (Wildman–Crippen MR) is 117 cm³/mol. The first-order valence-electron chi connectivity index (χ1n) is 10.8. The molecular weight excluding hydrogens is 384 g/mol. The summed E-state index contributed by atoms with van der Waals surface area (Å²) in [5.74, 6) is 0.143. The Bertz CT molecular complexity index is 873. The Morgan fingerprint density at radius 2 is 1.79 bits per heavy atom. The summed E-state index contributed by atoms with van der Waals surface area (Å²) in [5.41, 5.74) is 5.88. The van der Waals surface area contributed by atoms with Gasteiger partial charge in [0.1, 0.15) is 0 Å². The summed E-state index contributed by atoms with van der Waals surface area (Å²) in [6.07, 6.45) is 7.81. The van der Waals surface area contributed by atoms with Crippen LogP contribution in [-0.4, -0.2) is 46.8 Å². The number of amides is 1. The molecule has 0 unspecified atom stereocenters. The Morgan fingerprint density at radius 3 is 2.48 bits per heavy atom. The number of hydrogen-bond donors (Lipinski definition) is 1. The fourth-order valence-electron chi connectivity index (χ4n) is 5.23. The maximum Gasteiger partial charge on any atom is 0.274 e. The molecule has 156 valence electrons. The number of fused-ring (bicyclic) bond motifs is 1. The van der Waals surface area contributed by atoms with Crippen LogP contribution in [0.2, 0.25) is 0 Å². The fraction of sp³-hybridized carbons (Fsp3) is 0.565. The molecule has 1 spiro atoms. The van der Waals surface area contributed by atoms with Crippen LogP contribution in [-0.2, 0) is 12.8 Å². The molecular formula is C23H31ClN4O. The summed E-state index contributed by atoms with van der Waals surface area (Å²) >= 11 is 0. The summed E-state index contributed by atoms with van der Waals surface area (Å²) in [6.45, 7) is 6.08. The quantitative estimate of drug-likeness (QED) is 0.815. The number of likely N-dealkylation sites (tertiary alicyclic amines) is 1. The van der Waals surface area contributed by atoms with Crippen molar-refractivity contribution in [3.63, 3.8) is 0 Å². The maximum absolute atomic E-state index is 13.4. The third kappa shape index (κ3) is 3.71. The number of aromatic nitrogens is 2. The minimum absolute atomic E-state index is 0. The van der Waals surface area contributed by atoms with Crippen LogP contribution in [0.1, 0.15) is 59.4 Å². The molecule has 29 heavy (non-hydrogen) atoms. The summed E-state index contributed by atoms with van der Waals surface area (Å²) in [6, 6.07) is 8.47. The van der Waals surface area contributed by atoms with Crippen molar-refractivity contribution in [3.05, 3.63) is 46.8 Å². The molecule has 2 fully saturated rings. The van der Waals surface area contributed by atoms with Crippen molar-refractivity contribution in [2.24, 2.45) is 5.41 Å². The van der Waals surface area contributed by atoms with Crippen LogP contribution in [0.5, 0.6) is 0 Å². The topological polar surface area (TPSA) is 50.2 Å². The van der Waals surface area contributed by atoms with Crippen LogP contribution in [0.25, 0.3) is 5.69 Å². The molecule has 5 rings (SSSR count). The molecule has 3 heterocycles. The standard InChI is InChI=1S/C23H30N4O.ClH/c1-17-6-8-18(9-7-17)27-20-5-3-2-4-19(20)21(25-27)22(28)26-14-11-23(12-15-26)10-13-24-16-23;/h6-9,24H,2-5,10-16H2,1H3;1H. The average molecular weight is 415 g/mol. The van der Waals surface area contributed by atoms with Crippen molar-refractivity contribution in [1.82, 2.24) is 20.0 Å². The summed E-state index contributed by atoms with van der Waals surface area (Å²) in [7, 11) is 0. The highest BCUT2D eigenvalue weighted by Crippen LogP contribution is 2.37. The first-order valence-corrected chi connectivity index (χ1v) is 10.8. The van der Waals surface area contributed by atoms with E-state index >= 15 is 0 Å². The van der Waals surface area contributed by atoms with Crippen molar-refractivity contribution in [2.75, 3.05) is 26.2 Å². The van der Waals surface area contributed by atoms with Gasteiger partial charge in [0.25, 0.3) is 5.91 Å². The van der Waals surface area contributed by atoms with Crippen LogP contribution in [0, 0.1) is 12.3 Å². The van der Waals surface area contributed by atoms with E-state index in [0.29, 0.717) is 11.1 Å². The zero-order valence-electron chi connectivity index (χ0n) is 17.2. The van der Waals surface area contributed by atoms with Gasteiger partial charge in [-0.25, -0.2) is 4.68 Å². The molecule has 1 aromatic carbocycles. The molecule has 2 aromatic rings. The van der Waals surface area contributed by atoms with Gasteiger partial charge in [0.2, 0.25) is 0 Å². The van der Waals surface area contributed by atoms with Gasteiger partial charge in [0.05, 0.1) is 5.69 Å². The number of hydrogen-bond acceptors (Lipinski definition) is 3. The highest BCUT2D eigenvalue weighted by molar-refractivity contribution is 5.94. The van der Waals surface area contributed by atoms with E-state index in [0.717, 1.165) is 64.0 Å². The van der Waals surface area contributed by atoms with Gasteiger partial charge in [-0.1, -0.05) is 17.7 Å². The number of piperidine rings is 1. The van der Waals surface area contributed by atoms with Gasteiger partial charge in [0.15, 0.2) is 5.69 Å². The lowest BCUT2D eigenvalue weighted by Gasteiger charge is -2.38. The monoisotopic (exact) mass is 414 g/mol. The number of benzene rings is 1. The van der Waals surface area contributed by atoms with Crippen molar-refractivity contribution in [1.29, 1.82) is 0 Å². The molecule has 1 aromatic heterocycles. The largest absolute Gasteiger partial charge is 0.337 e. The summed E-state index contributed by atoms with van der Waals surface area (Å²) in [4.78, 5) is 15.5. The van der Waals surface area contributed by atoms with Gasteiger partial charge in [-0.2, -0.15) is 5.10 Å². The molecule has 0 radical (unpaired) electrons. The molecule has 2 saturated heterocycles. The number of carbonyl (C=O) groups is 1. The van der Waals surface area contributed by atoms with E-state index in [9.17, 15) is 4.79 Å². The lowest BCUT2D eigenvalue weighted by Crippen LogP contribution is -2.44. The fourth-order valence-corrected chi connectivity index (χ4v) is 5.23. The van der Waals surface area contributed by atoms with E-state index in [1.165, 1.54) is 29.7 Å². The van der Waals surface area contributed by atoms with Crippen molar-refractivity contribution in [3.8, 4) is 5.69 Å². The Kier molecular flexibility index (Phi) is 5.71. The third-order valence-corrected chi connectivity index (χ3v) is 7.10. The molecule has 1 N–H and O–H groups in total.